The Morgan fingerprint density at radius 1 is 1.06 bits per heavy atom. The number of rotatable bonds is 5. The fourth-order valence-corrected chi connectivity index (χ4v) is 2.51. The van der Waals surface area contributed by atoms with Crippen LogP contribution < -0.4 is 17.7 Å². The van der Waals surface area contributed by atoms with Gasteiger partial charge in [0.2, 0.25) is 0 Å². The first-order chi connectivity index (χ1) is 7.24. The van der Waals surface area contributed by atoms with E-state index in [1.165, 1.54) is 24.0 Å². The van der Waals surface area contributed by atoms with Gasteiger partial charge in [0, 0.05) is 18.4 Å². The summed E-state index contributed by atoms with van der Waals surface area (Å²) in [4.78, 5) is 0. The average molecular weight is 242 g/mol. The van der Waals surface area contributed by atoms with Gasteiger partial charge < -0.3 is 17.7 Å². The highest BCUT2D eigenvalue weighted by atomic mass is 35.5. The summed E-state index contributed by atoms with van der Waals surface area (Å²) in [5.74, 6) is 0. The van der Waals surface area contributed by atoms with Gasteiger partial charge in [-0.15, -0.1) is 0 Å². The minimum atomic E-state index is 0. The van der Waals surface area contributed by atoms with E-state index in [0.717, 1.165) is 6.42 Å². The van der Waals surface area contributed by atoms with Crippen LogP contribution in [0.15, 0.2) is 24.3 Å². The highest BCUT2D eigenvalue weighted by Crippen LogP contribution is 2.27. The molecule has 2 N–H and O–H groups in total. The molecule has 0 aliphatic carbocycles. The van der Waals surface area contributed by atoms with Gasteiger partial charge in [-0.05, 0) is 12.0 Å². The summed E-state index contributed by atoms with van der Waals surface area (Å²) in [5, 5.41) is 2.38. The second-order valence-electron chi connectivity index (χ2n) is 4.16. The molecule has 0 fully saturated rings. The lowest BCUT2D eigenvalue weighted by atomic mass is 9.81. The van der Waals surface area contributed by atoms with Crippen LogP contribution in [0.5, 0.6) is 0 Å². The number of hydrogen-bond donors (Lipinski definition) is 1. The molecule has 0 radical (unpaired) electrons. The summed E-state index contributed by atoms with van der Waals surface area (Å²) in [6.45, 7) is 6.82. The molecular weight excluding hydrogens is 218 g/mol. The van der Waals surface area contributed by atoms with Crippen molar-refractivity contribution in [1.29, 1.82) is 0 Å². The molecule has 1 rings (SSSR count). The van der Waals surface area contributed by atoms with Crippen LogP contribution >= 0.6 is 0 Å². The molecule has 0 saturated heterocycles. The van der Waals surface area contributed by atoms with Crippen LogP contribution in [-0.4, -0.2) is 7.05 Å². The molecule has 0 aromatic heterocycles. The maximum Gasteiger partial charge on any atom is 0.121 e. The first kappa shape index (κ1) is 15.5. The summed E-state index contributed by atoms with van der Waals surface area (Å²) < 4.78 is 0. The molecule has 0 amide bonds. The average Bonchev–Trinajstić information content (AvgIpc) is 2.33. The Kier molecular flexibility index (Phi) is 6.70. The van der Waals surface area contributed by atoms with E-state index in [2.05, 4.69) is 57.4 Å². The van der Waals surface area contributed by atoms with Gasteiger partial charge in [-0.2, -0.15) is 0 Å². The van der Waals surface area contributed by atoms with Crippen LogP contribution in [0.3, 0.4) is 0 Å². The largest absolute Gasteiger partial charge is 1.00 e. The monoisotopic (exact) mass is 241 g/mol. The van der Waals surface area contributed by atoms with Gasteiger partial charge in [-0.3, -0.25) is 0 Å². The molecule has 0 heterocycles. The Labute approximate surface area is 106 Å². The van der Waals surface area contributed by atoms with Crippen LogP contribution in [0.1, 0.15) is 44.7 Å². The maximum absolute atomic E-state index is 2.38. The minimum Gasteiger partial charge on any atom is -1.00 e. The molecule has 1 nitrogen and oxygen atoms in total. The predicted octanol–water partition coefficient (Wildman–Crippen LogP) is -0.538. The van der Waals surface area contributed by atoms with Gasteiger partial charge in [0.15, 0.2) is 0 Å². The zero-order chi connectivity index (χ0) is 11.3. The maximum atomic E-state index is 2.38. The fourth-order valence-electron chi connectivity index (χ4n) is 2.51. The van der Waals surface area contributed by atoms with Crippen LogP contribution in [0.4, 0.5) is 0 Å². The first-order valence-electron chi connectivity index (χ1n) is 6.13. The van der Waals surface area contributed by atoms with Crippen molar-refractivity contribution in [3.05, 3.63) is 35.4 Å². The van der Waals surface area contributed by atoms with Gasteiger partial charge in [0.25, 0.3) is 0 Å². The summed E-state index contributed by atoms with van der Waals surface area (Å²) in [6, 6.07) is 8.87. The lowest BCUT2D eigenvalue weighted by Gasteiger charge is -2.30. The lowest BCUT2D eigenvalue weighted by molar-refractivity contribution is -0.714. The molecule has 92 valence electrons. The second-order valence-corrected chi connectivity index (χ2v) is 4.16. The Bertz CT molecular complexity index is 297. The predicted molar refractivity (Wildman–Crippen MR) is 65.9 cm³/mol. The summed E-state index contributed by atoms with van der Waals surface area (Å²) in [6.07, 6.45) is 3.51. The molecular formula is C14H24ClN. The number of benzene rings is 1. The summed E-state index contributed by atoms with van der Waals surface area (Å²) in [7, 11) is 2.19. The molecule has 2 heteroatoms. The third-order valence-electron chi connectivity index (χ3n) is 3.75. The standard InChI is InChI=1S/C14H23N.ClH/c1-5-12-10-8-9-11-13(12)14(6-2,7-3)15-4;/h8-11,15H,5-7H2,1-4H3;1H. The SMILES string of the molecule is CCc1ccccc1C(CC)(CC)[NH2+]C.[Cl-]. The Hall–Kier alpha value is -0.530. The summed E-state index contributed by atoms with van der Waals surface area (Å²) >= 11 is 0. The van der Waals surface area contributed by atoms with Crippen LogP contribution in [0.25, 0.3) is 0 Å². The van der Waals surface area contributed by atoms with Crippen molar-refractivity contribution >= 4 is 0 Å². The highest BCUT2D eigenvalue weighted by molar-refractivity contribution is 5.32. The number of hydrogen-bond acceptors (Lipinski definition) is 0. The van der Waals surface area contributed by atoms with Crippen molar-refractivity contribution in [2.24, 2.45) is 0 Å². The topological polar surface area (TPSA) is 16.6 Å². The molecule has 1 aromatic carbocycles. The summed E-state index contributed by atoms with van der Waals surface area (Å²) in [5.41, 5.74) is 3.31. The highest BCUT2D eigenvalue weighted by Gasteiger charge is 2.31. The zero-order valence-corrected chi connectivity index (χ0v) is 11.6. The van der Waals surface area contributed by atoms with Gasteiger partial charge in [0.1, 0.15) is 5.54 Å². The van der Waals surface area contributed by atoms with E-state index < -0.39 is 0 Å². The number of halogens is 1. The van der Waals surface area contributed by atoms with Crippen molar-refractivity contribution in [3.8, 4) is 0 Å². The van der Waals surface area contributed by atoms with E-state index in [-0.39, 0.29) is 17.9 Å². The Balaban J connectivity index is 0.00000225. The molecule has 16 heavy (non-hydrogen) atoms. The lowest BCUT2D eigenvalue weighted by Crippen LogP contribution is -3.00. The molecule has 0 spiro atoms. The molecule has 0 bridgehead atoms. The van der Waals surface area contributed by atoms with Crippen LogP contribution in [0, 0.1) is 0 Å². The van der Waals surface area contributed by atoms with E-state index in [1.807, 2.05) is 0 Å². The third kappa shape index (κ3) is 2.78. The number of quaternary nitrogens is 1. The Morgan fingerprint density at radius 2 is 1.62 bits per heavy atom. The third-order valence-corrected chi connectivity index (χ3v) is 3.75. The van der Waals surface area contributed by atoms with Crippen molar-refractivity contribution in [2.75, 3.05) is 7.05 Å². The molecule has 1 aromatic rings. The molecule has 0 aliphatic heterocycles. The van der Waals surface area contributed by atoms with E-state index >= 15 is 0 Å². The van der Waals surface area contributed by atoms with Crippen molar-refractivity contribution in [2.45, 2.75) is 45.6 Å². The molecule has 0 aliphatic rings. The molecule has 0 saturated carbocycles. The van der Waals surface area contributed by atoms with Crippen molar-refractivity contribution < 1.29 is 17.7 Å². The van der Waals surface area contributed by atoms with Gasteiger partial charge in [0.05, 0.1) is 7.05 Å². The normalized spacial score (nSPS) is 11.0. The number of nitrogens with two attached hydrogens (primary N) is 1. The second kappa shape index (κ2) is 6.93. The van der Waals surface area contributed by atoms with Crippen LogP contribution in [0.2, 0.25) is 0 Å². The molecule has 0 atom stereocenters. The van der Waals surface area contributed by atoms with E-state index in [9.17, 15) is 0 Å². The van der Waals surface area contributed by atoms with Crippen molar-refractivity contribution in [3.63, 3.8) is 0 Å². The van der Waals surface area contributed by atoms with Crippen molar-refractivity contribution in [1.82, 2.24) is 0 Å². The van der Waals surface area contributed by atoms with E-state index in [1.54, 1.807) is 0 Å². The van der Waals surface area contributed by atoms with Crippen LogP contribution in [-0.2, 0) is 12.0 Å². The zero-order valence-electron chi connectivity index (χ0n) is 10.9. The Morgan fingerprint density at radius 3 is 2.06 bits per heavy atom. The fraction of sp³-hybridized carbons (Fsp3) is 0.571. The van der Waals surface area contributed by atoms with E-state index in [0.29, 0.717) is 0 Å². The van der Waals surface area contributed by atoms with Gasteiger partial charge in [-0.1, -0.05) is 45.0 Å². The minimum absolute atomic E-state index is 0. The smallest absolute Gasteiger partial charge is 0.121 e. The molecule has 0 unspecified atom stereocenters. The quantitative estimate of drug-likeness (QED) is 0.714. The van der Waals surface area contributed by atoms with Gasteiger partial charge in [-0.25, -0.2) is 0 Å². The van der Waals surface area contributed by atoms with Gasteiger partial charge >= 0.3 is 0 Å². The number of aryl methyl sites for hydroxylation is 1. The first-order valence-corrected chi connectivity index (χ1v) is 6.13. The van der Waals surface area contributed by atoms with E-state index in [4.69, 9.17) is 0 Å².